The second-order valence-corrected chi connectivity index (χ2v) is 8.39. The molecule has 0 aromatic heterocycles. The number of phenols is 1. The minimum absolute atomic E-state index is 0.0562. The number of aromatic hydroxyl groups is 1. The third-order valence-electron chi connectivity index (χ3n) is 5.85. The van der Waals surface area contributed by atoms with Gasteiger partial charge in [0, 0.05) is 0 Å². The fraction of sp³-hybridized carbons (Fsp3) is 0.739. The van der Waals surface area contributed by atoms with Crippen molar-refractivity contribution in [3.05, 3.63) is 23.8 Å². The Morgan fingerprint density at radius 1 is 1.06 bits per heavy atom. The number of ether oxygens (including phenoxy) is 3. The molecular weight excluding hydrogens is 420 g/mol. The van der Waals surface area contributed by atoms with Crippen LogP contribution < -0.4 is 4.74 Å². The lowest BCUT2D eigenvalue weighted by Gasteiger charge is -2.41. The predicted octanol–water partition coefficient (Wildman–Crippen LogP) is 0.850. The summed E-state index contributed by atoms with van der Waals surface area (Å²) in [4.78, 5) is 0. The molecule has 9 nitrogen and oxygen atoms in total. The Morgan fingerprint density at radius 2 is 1.81 bits per heavy atom. The van der Waals surface area contributed by atoms with Gasteiger partial charge >= 0.3 is 0 Å². The van der Waals surface area contributed by atoms with Crippen LogP contribution in [0.25, 0.3) is 0 Å². The van der Waals surface area contributed by atoms with E-state index in [0.717, 1.165) is 24.8 Å². The number of phenolic OH excluding ortho intramolecular Hbond substituents is 1. The highest BCUT2D eigenvalue weighted by atomic mass is 16.7. The summed E-state index contributed by atoms with van der Waals surface area (Å²) in [6.45, 7) is 1.55. The quantitative estimate of drug-likeness (QED) is 0.237. The summed E-state index contributed by atoms with van der Waals surface area (Å²) in [5.41, 5.74) is 0.913. The monoisotopic (exact) mass is 458 g/mol. The zero-order valence-electron chi connectivity index (χ0n) is 18.8. The SMILES string of the molecule is CCCCCC(CC(O)CCc1ccc(O)c(OC)c1)O[C@@H]1O[C@H](CO)[C@@H](O)[C@H](O)[C@H]1O. The third-order valence-corrected chi connectivity index (χ3v) is 5.85. The number of aliphatic hydroxyl groups is 5. The Balaban J connectivity index is 1.96. The van der Waals surface area contributed by atoms with Crippen LogP contribution in [0.5, 0.6) is 11.5 Å². The van der Waals surface area contributed by atoms with E-state index in [0.29, 0.717) is 31.4 Å². The zero-order valence-corrected chi connectivity index (χ0v) is 18.8. The maximum Gasteiger partial charge on any atom is 0.186 e. The third kappa shape index (κ3) is 7.55. The van der Waals surface area contributed by atoms with Crippen LogP contribution in [0.3, 0.4) is 0 Å². The maximum absolute atomic E-state index is 10.6. The normalized spacial score (nSPS) is 27.8. The summed E-state index contributed by atoms with van der Waals surface area (Å²) < 4.78 is 16.5. The van der Waals surface area contributed by atoms with Crippen LogP contribution in [0, 0.1) is 0 Å². The smallest absolute Gasteiger partial charge is 0.186 e. The first-order valence-corrected chi connectivity index (χ1v) is 11.3. The van der Waals surface area contributed by atoms with Gasteiger partial charge in [-0.15, -0.1) is 0 Å². The van der Waals surface area contributed by atoms with Crippen molar-refractivity contribution in [1.29, 1.82) is 0 Å². The summed E-state index contributed by atoms with van der Waals surface area (Å²) in [7, 11) is 1.48. The molecule has 7 atom stereocenters. The minimum Gasteiger partial charge on any atom is -0.504 e. The average Bonchev–Trinajstić information content (AvgIpc) is 2.78. The number of aryl methyl sites for hydroxylation is 1. The van der Waals surface area contributed by atoms with Crippen molar-refractivity contribution >= 4 is 0 Å². The van der Waals surface area contributed by atoms with Crippen LogP contribution in [-0.2, 0) is 15.9 Å². The first kappa shape index (κ1) is 26.8. The average molecular weight is 459 g/mol. The van der Waals surface area contributed by atoms with Crippen molar-refractivity contribution in [3.8, 4) is 11.5 Å². The van der Waals surface area contributed by atoms with Crippen LogP contribution in [0.15, 0.2) is 18.2 Å². The largest absolute Gasteiger partial charge is 0.504 e. The van der Waals surface area contributed by atoms with E-state index >= 15 is 0 Å². The van der Waals surface area contributed by atoms with Gasteiger partial charge in [0.05, 0.1) is 25.9 Å². The molecule has 32 heavy (non-hydrogen) atoms. The summed E-state index contributed by atoms with van der Waals surface area (Å²) >= 11 is 0. The standard InChI is InChI=1S/C23H38O9/c1-3-4-5-6-16(31-23-22(29)21(28)20(27)19(13-24)32-23)12-15(25)9-7-14-8-10-17(26)18(11-14)30-2/h8,10-11,15-16,19-29H,3-7,9,12-13H2,1-2H3/t15?,16?,19-,20-,21+,22-,23-/m1/s1. The molecule has 1 fully saturated rings. The Hall–Kier alpha value is -1.46. The first-order chi connectivity index (χ1) is 15.3. The van der Waals surface area contributed by atoms with Gasteiger partial charge in [-0.2, -0.15) is 0 Å². The van der Waals surface area contributed by atoms with Gasteiger partial charge in [0.1, 0.15) is 24.4 Å². The van der Waals surface area contributed by atoms with Gasteiger partial charge in [-0.1, -0.05) is 32.3 Å². The number of benzene rings is 1. The fourth-order valence-corrected chi connectivity index (χ4v) is 3.87. The number of rotatable bonds is 13. The molecule has 0 bridgehead atoms. The van der Waals surface area contributed by atoms with E-state index in [1.165, 1.54) is 7.11 Å². The number of aliphatic hydroxyl groups excluding tert-OH is 5. The van der Waals surface area contributed by atoms with E-state index in [1.54, 1.807) is 18.2 Å². The Labute approximate surface area is 189 Å². The highest BCUT2D eigenvalue weighted by molar-refractivity contribution is 5.41. The van der Waals surface area contributed by atoms with Crippen LogP contribution in [0.2, 0.25) is 0 Å². The Kier molecular flexibility index (Phi) is 11.1. The van der Waals surface area contributed by atoms with Crippen LogP contribution >= 0.6 is 0 Å². The molecule has 1 aromatic rings. The van der Waals surface area contributed by atoms with Gasteiger partial charge in [0.2, 0.25) is 0 Å². The lowest BCUT2D eigenvalue weighted by Crippen LogP contribution is -2.59. The molecule has 0 aliphatic carbocycles. The first-order valence-electron chi connectivity index (χ1n) is 11.3. The van der Waals surface area contributed by atoms with Gasteiger partial charge in [-0.3, -0.25) is 0 Å². The van der Waals surface area contributed by atoms with Crippen molar-refractivity contribution in [2.75, 3.05) is 13.7 Å². The van der Waals surface area contributed by atoms with E-state index in [9.17, 15) is 30.6 Å². The zero-order chi connectivity index (χ0) is 23.7. The van der Waals surface area contributed by atoms with Gasteiger partial charge in [-0.25, -0.2) is 0 Å². The Bertz CT molecular complexity index is 669. The molecular formula is C23H38O9. The predicted molar refractivity (Wildman–Crippen MR) is 116 cm³/mol. The molecule has 184 valence electrons. The van der Waals surface area contributed by atoms with Crippen molar-refractivity contribution in [2.24, 2.45) is 0 Å². The lowest BCUT2D eigenvalue weighted by molar-refractivity contribution is -0.313. The molecule has 9 heteroatoms. The molecule has 1 aliphatic heterocycles. The number of methoxy groups -OCH3 is 1. The molecule has 0 spiro atoms. The fourth-order valence-electron chi connectivity index (χ4n) is 3.87. The molecule has 0 radical (unpaired) electrons. The van der Waals surface area contributed by atoms with Crippen molar-refractivity contribution in [3.63, 3.8) is 0 Å². The second kappa shape index (κ2) is 13.3. The molecule has 1 aromatic carbocycles. The van der Waals surface area contributed by atoms with Gasteiger partial charge in [-0.05, 0) is 43.4 Å². The van der Waals surface area contributed by atoms with Crippen molar-refractivity contribution in [1.82, 2.24) is 0 Å². The molecule has 6 N–H and O–H groups in total. The summed E-state index contributed by atoms with van der Waals surface area (Å²) in [6.07, 6.45) is -2.98. The second-order valence-electron chi connectivity index (χ2n) is 8.39. The molecule has 1 heterocycles. The molecule has 0 saturated carbocycles. The highest BCUT2D eigenvalue weighted by Crippen LogP contribution is 2.28. The van der Waals surface area contributed by atoms with Crippen molar-refractivity contribution in [2.45, 2.75) is 94.8 Å². The molecule has 1 aliphatic rings. The minimum atomic E-state index is -1.50. The van der Waals surface area contributed by atoms with E-state index in [1.807, 2.05) is 0 Å². The van der Waals surface area contributed by atoms with E-state index < -0.39 is 49.5 Å². The molecule has 1 saturated heterocycles. The van der Waals surface area contributed by atoms with Gasteiger partial charge < -0.3 is 44.8 Å². The van der Waals surface area contributed by atoms with Gasteiger partial charge in [0.25, 0.3) is 0 Å². The number of hydrogen-bond donors (Lipinski definition) is 6. The maximum atomic E-state index is 10.6. The number of hydrogen-bond acceptors (Lipinski definition) is 9. The number of unbranched alkanes of at least 4 members (excludes halogenated alkanes) is 2. The van der Waals surface area contributed by atoms with E-state index in [2.05, 4.69) is 6.92 Å². The molecule has 2 rings (SSSR count). The highest BCUT2D eigenvalue weighted by Gasteiger charge is 2.44. The van der Waals surface area contributed by atoms with Crippen LogP contribution in [0.4, 0.5) is 0 Å². The topological polar surface area (TPSA) is 149 Å². The molecule has 0 amide bonds. The van der Waals surface area contributed by atoms with Crippen LogP contribution in [-0.4, -0.2) is 87.3 Å². The van der Waals surface area contributed by atoms with Crippen LogP contribution in [0.1, 0.15) is 51.0 Å². The Morgan fingerprint density at radius 3 is 2.47 bits per heavy atom. The van der Waals surface area contributed by atoms with E-state index in [-0.39, 0.29) is 5.75 Å². The lowest BCUT2D eigenvalue weighted by atomic mass is 9.98. The molecule has 2 unspecified atom stereocenters. The van der Waals surface area contributed by atoms with E-state index in [4.69, 9.17) is 14.2 Å². The summed E-state index contributed by atoms with van der Waals surface area (Å²) in [6, 6.07) is 5.05. The summed E-state index contributed by atoms with van der Waals surface area (Å²) in [5, 5.41) is 59.9. The summed E-state index contributed by atoms with van der Waals surface area (Å²) in [5.74, 6) is 0.432. The van der Waals surface area contributed by atoms with Gasteiger partial charge in [0.15, 0.2) is 17.8 Å². The van der Waals surface area contributed by atoms with Crippen molar-refractivity contribution < 1.29 is 44.8 Å².